The molecule has 1 atom stereocenters. The van der Waals surface area contributed by atoms with Gasteiger partial charge in [-0.2, -0.15) is 0 Å². The van der Waals surface area contributed by atoms with Crippen LogP contribution in [-0.4, -0.2) is 29.6 Å². The maximum atomic E-state index is 11.2. The molecule has 0 heterocycles. The van der Waals surface area contributed by atoms with Crippen molar-refractivity contribution in [3.05, 3.63) is 0 Å². The van der Waals surface area contributed by atoms with Gasteiger partial charge < -0.3 is 16.2 Å². The lowest BCUT2D eigenvalue weighted by Gasteiger charge is -2.20. The lowest BCUT2D eigenvalue weighted by Crippen LogP contribution is -2.45. The minimum atomic E-state index is -0.955. The standard InChI is InChI=1S/C9H18N2O3/c1-4-6(10)7(12)11-5-9(2,3)8(13)14/h6H,4-5,10H2,1-3H3,(H,11,12)(H,13,14)/t6-/m0/s1. The van der Waals surface area contributed by atoms with E-state index in [1.807, 2.05) is 0 Å². The molecule has 0 aromatic rings. The summed E-state index contributed by atoms with van der Waals surface area (Å²) in [4.78, 5) is 21.9. The maximum Gasteiger partial charge on any atom is 0.310 e. The number of nitrogens with two attached hydrogens (primary N) is 1. The maximum absolute atomic E-state index is 11.2. The van der Waals surface area contributed by atoms with E-state index in [2.05, 4.69) is 5.32 Å². The van der Waals surface area contributed by atoms with Crippen LogP contribution in [0.2, 0.25) is 0 Å². The predicted molar refractivity (Wildman–Crippen MR) is 52.7 cm³/mol. The molecule has 0 aromatic carbocycles. The molecule has 5 heteroatoms. The number of rotatable bonds is 5. The molecule has 0 spiro atoms. The fourth-order valence-corrected chi connectivity index (χ4v) is 0.700. The van der Waals surface area contributed by atoms with Crippen molar-refractivity contribution in [1.82, 2.24) is 5.32 Å². The summed E-state index contributed by atoms with van der Waals surface area (Å²) >= 11 is 0. The van der Waals surface area contributed by atoms with Crippen molar-refractivity contribution in [1.29, 1.82) is 0 Å². The Morgan fingerprint density at radius 1 is 1.50 bits per heavy atom. The Labute approximate surface area is 83.7 Å². The largest absolute Gasteiger partial charge is 0.481 e. The van der Waals surface area contributed by atoms with Gasteiger partial charge in [0, 0.05) is 6.54 Å². The molecule has 0 aromatic heterocycles. The van der Waals surface area contributed by atoms with Crippen LogP contribution >= 0.6 is 0 Å². The van der Waals surface area contributed by atoms with Gasteiger partial charge in [-0.05, 0) is 20.3 Å². The number of aliphatic carboxylic acids is 1. The topological polar surface area (TPSA) is 92.4 Å². The Kier molecular flexibility index (Phi) is 4.56. The van der Waals surface area contributed by atoms with Crippen LogP contribution in [0.4, 0.5) is 0 Å². The molecule has 0 rings (SSSR count). The Balaban J connectivity index is 4.06. The second kappa shape index (κ2) is 4.95. The van der Waals surface area contributed by atoms with E-state index in [-0.39, 0.29) is 12.5 Å². The summed E-state index contributed by atoms with van der Waals surface area (Å²) in [6, 6.07) is -0.556. The van der Waals surface area contributed by atoms with Crippen LogP contribution in [0.5, 0.6) is 0 Å². The Hall–Kier alpha value is -1.10. The molecule has 0 radical (unpaired) electrons. The van der Waals surface area contributed by atoms with Crippen LogP contribution in [0, 0.1) is 5.41 Å². The first-order valence-electron chi connectivity index (χ1n) is 4.58. The zero-order valence-electron chi connectivity index (χ0n) is 8.83. The van der Waals surface area contributed by atoms with E-state index in [0.29, 0.717) is 6.42 Å². The summed E-state index contributed by atoms with van der Waals surface area (Å²) in [5, 5.41) is 11.3. The third-order valence-electron chi connectivity index (χ3n) is 2.06. The fourth-order valence-electron chi connectivity index (χ4n) is 0.700. The number of amides is 1. The van der Waals surface area contributed by atoms with Gasteiger partial charge in [0.1, 0.15) is 0 Å². The zero-order chi connectivity index (χ0) is 11.4. The molecule has 0 aliphatic heterocycles. The Morgan fingerprint density at radius 3 is 2.36 bits per heavy atom. The number of hydrogen-bond donors (Lipinski definition) is 3. The van der Waals surface area contributed by atoms with E-state index in [1.54, 1.807) is 20.8 Å². The van der Waals surface area contributed by atoms with Crippen LogP contribution in [0.25, 0.3) is 0 Å². The fraction of sp³-hybridized carbons (Fsp3) is 0.778. The van der Waals surface area contributed by atoms with Crippen molar-refractivity contribution in [2.24, 2.45) is 11.1 Å². The summed E-state index contributed by atoms with van der Waals surface area (Å²) in [7, 11) is 0. The van der Waals surface area contributed by atoms with Gasteiger partial charge in [-0.1, -0.05) is 6.92 Å². The summed E-state index contributed by atoms with van der Waals surface area (Å²) in [5.74, 6) is -1.25. The smallest absolute Gasteiger partial charge is 0.310 e. The normalized spacial score (nSPS) is 13.4. The van der Waals surface area contributed by atoms with E-state index >= 15 is 0 Å². The lowest BCUT2D eigenvalue weighted by atomic mass is 9.94. The predicted octanol–water partition coefficient (Wildman–Crippen LogP) is -0.0493. The monoisotopic (exact) mass is 202 g/mol. The first-order chi connectivity index (χ1) is 6.31. The summed E-state index contributed by atoms with van der Waals surface area (Å²) in [6.45, 7) is 4.99. The van der Waals surface area contributed by atoms with E-state index in [1.165, 1.54) is 0 Å². The van der Waals surface area contributed by atoms with Crippen LogP contribution in [0.3, 0.4) is 0 Å². The zero-order valence-corrected chi connectivity index (χ0v) is 8.83. The molecule has 0 aliphatic carbocycles. The first-order valence-corrected chi connectivity index (χ1v) is 4.58. The number of carbonyl (C=O) groups excluding carboxylic acids is 1. The highest BCUT2D eigenvalue weighted by Crippen LogP contribution is 2.12. The lowest BCUT2D eigenvalue weighted by molar-refractivity contribution is -0.146. The van der Waals surface area contributed by atoms with Crippen molar-refractivity contribution in [3.63, 3.8) is 0 Å². The molecule has 4 N–H and O–H groups in total. The molecule has 0 aliphatic rings. The van der Waals surface area contributed by atoms with Crippen LogP contribution in [-0.2, 0) is 9.59 Å². The average Bonchev–Trinajstić information content (AvgIpc) is 2.12. The van der Waals surface area contributed by atoms with Gasteiger partial charge in [-0.25, -0.2) is 0 Å². The second-order valence-corrected chi connectivity index (χ2v) is 3.92. The molecule has 14 heavy (non-hydrogen) atoms. The van der Waals surface area contributed by atoms with Crippen LogP contribution in [0.15, 0.2) is 0 Å². The third-order valence-corrected chi connectivity index (χ3v) is 2.06. The summed E-state index contributed by atoms with van der Waals surface area (Å²) in [6.07, 6.45) is 0.541. The van der Waals surface area contributed by atoms with Gasteiger partial charge in [0.25, 0.3) is 0 Å². The van der Waals surface area contributed by atoms with Gasteiger partial charge in [0.2, 0.25) is 5.91 Å². The van der Waals surface area contributed by atoms with Crippen molar-refractivity contribution < 1.29 is 14.7 Å². The van der Waals surface area contributed by atoms with E-state index in [0.717, 1.165) is 0 Å². The molecule has 82 valence electrons. The van der Waals surface area contributed by atoms with Gasteiger partial charge >= 0.3 is 5.97 Å². The number of nitrogens with one attached hydrogen (secondary N) is 1. The molecule has 0 saturated carbocycles. The quantitative estimate of drug-likeness (QED) is 0.582. The Bertz CT molecular complexity index is 226. The highest BCUT2D eigenvalue weighted by molar-refractivity contribution is 5.82. The van der Waals surface area contributed by atoms with Crippen LogP contribution < -0.4 is 11.1 Å². The van der Waals surface area contributed by atoms with E-state index < -0.39 is 17.4 Å². The minimum Gasteiger partial charge on any atom is -0.481 e. The number of carboxylic acid groups (broad SMARTS) is 1. The molecule has 0 unspecified atom stereocenters. The third kappa shape index (κ3) is 3.74. The SMILES string of the molecule is CC[C@H](N)C(=O)NCC(C)(C)C(=O)O. The molecular formula is C9H18N2O3. The average molecular weight is 202 g/mol. The summed E-state index contributed by atoms with van der Waals surface area (Å²) in [5.41, 5.74) is 4.51. The van der Waals surface area contributed by atoms with Gasteiger partial charge in [-0.3, -0.25) is 9.59 Å². The molecule has 0 fully saturated rings. The number of hydrogen-bond acceptors (Lipinski definition) is 3. The van der Waals surface area contributed by atoms with Crippen molar-refractivity contribution in [2.75, 3.05) is 6.54 Å². The second-order valence-electron chi connectivity index (χ2n) is 3.92. The van der Waals surface area contributed by atoms with Gasteiger partial charge in [0.05, 0.1) is 11.5 Å². The van der Waals surface area contributed by atoms with Gasteiger partial charge in [-0.15, -0.1) is 0 Å². The molecule has 1 amide bonds. The first kappa shape index (κ1) is 12.9. The highest BCUT2D eigenvalue weighted by atomic mass is 16.4. The molecule has 0 saturated heterocycles. The van der Waals surface area contributed by atoms with E-state index in [9.17, 15) is 9.59 Å². The minimum absolute atomic E-state index is 0.0921. The Morgan fingerprint density at radius 2 is 2.00 bits per heavy atom. The van der Waals surface area contributed by atoms with Crippen molar-refractivity contribution in [3.8, 4) is 0 Å². The number of carboxylic acids is 1. The van der Waals surface area contributed by atoms with Crippen molar-refractivity contribution >= 4 is 11.9 Å². The molecular weight excluding hydrogens is 184 g/mol. The van der Waals surface area contributed by atoms with Crippen molar-refractivity contribution in [2.45, 2.75) is 33.2 Å². The molecule has 5 nitrogen and oxygen atoms in total. The summed E-state index contributed by atoms with van der Waals surface area (Å²) < 4.78 is 0. The number of carbonyl (C=O) groups is 2. The van der Waals surface area contributed by atoms with Gasteiger partial charge in [0.15, 0.2) is 0 Å². The van der Waals surface area contributed by atoms with E-state index in [4.69, 9.17) is 10.8 Å². The molecule has 0 bridgehead atoms. The highest BCUT2D eigenvalue weighted by Gasteiger charge is 2.28. The van der Waals surface area contributed by atoms with Crippen LogP contribution in [0.1, 0.15) is 27.2 Å².